The number of nitrogens with zero attached hydrogens (tertiary/aromatic N) is 1. The van der Waals surface area contributed by atoms with Gasteiger partial charge in [-0.1, -0.05) is 6.58 Å². The second-order valence-electron chi connectivity index (χ2n) is 1.21. The highest BCUT2D eigenvalue weighted by atomic mass is 16.2. The SMILES string of the molecule is C=CN(C=O)C(C)=O. The fourth-order valence-electron chi connectivity index (χ4n) is 0.246. The fourth-order valence-corrected chi connectivity index (χ4v) is 0.246. The summed E-state index contributed by atoms with van der Waals surface area (Å²) in [6.45, 7) is 4.51. The molecule has 0 N–H and O–H groups in total. The minimum Gasteiger partial charge on any atom is -0.278 e. The van der Waals surface area contributed by atoms with E-state index in [4.69, 9.17) is 0 Å². The van der Waals surface area contributed by atoms with E-state index in [-0.39, 0.29) is 5.91 Å². The van der Waals surface area contributed by atoms with Gasteiger partial charge in [0.15, 0.2) is 0 Å². The third-order valence-electron chi connectivity index (χ3n) is 0.674. The normalized spacial score (nSPS) is 7.62. The first-order valence-corrected chi connectivity index (χ1v) is 2.09. The van der Waals surface area contributed by atoms with Gasteiger partial charge in [-0.25, -0.2) is 0 Å². The number of hydrogen-bond acceptors (Lipinski definition) is 2. The summed E-state index contributed by atoms with van der Waals surface area (Å²) < 4.78 is 0. The molecule has 0 heterocycles. The molecule has 0 aliphatic heterocycles. The van der Waals surface area contributed by atoms with Gasteiger partial charge in [-0.2, -0.15) is 0 Å². The van der Waals surface area contributed by atoms with Gasteiger partial charge in [-0.3, -0.25) is 14.5 Å². The summed E-state index contributed by atoms with van der Waals surface area (Å²) in [5.74, 6) is -0.324. The smallest absolute Gasteiger partial charge is 0.229 e. The number of hydrogen-bond donors (Lipinski definition) is 0. The van der Waals surface area contributed by atoms with Crippen molar-refractivity contribution >= 4 is 12.3 Å². The molecule has 0 unspecified atom stereocenters. The van der Waals surface area contributed by atoms with Crippen LogP contribution in [0.2, 0.25) is 0 Å². The topological polar surface area (TPSA) is 37.4 Å². The van der Waals surface area contributed by atoms with E-state index < -0.39 is 0 Å². The largest absolute Gasteiger partial charge is 0.278 e. The van der Waals surface area contributed by atoms with Crippen molar-refractivity contribution in [3.8, 4) is 0 Å². The third-order valence-corrected chi connectivity index (χ3v) is 0.674. The van der Waals surface area contributed by atoms with Crippen LogP contribution in [-0.4, -0.2) is 17.2 Å². The van der Waals surface area contributed by atoms with Gasteiger partial charge in [-0.15, -0.1) is 0 Å². The van der Waals surface area contributed by atoms with Gasteiger partial charge in [0.1, 0.15) is 0 Å². The van der Waals surface area contributed by atoms with Crippen LogP contribution in [0.3, 0.4) is 0 Å². The van der Waals surface area contributed by atoms with Crippen LogP contribution in [0.5, 0.6) is 0 Å². The molecule has 8 heavy (non-hydrogen) atoms. The molecular weight excluding hydrogens is 106 g/mol. The van der Waals surface area contributed by atoms with E-state index in [0.717, 1.165) is 11.1 Å². The first kappa shape index (κ1) is 6.88. The number of imide groups is 1. The predicted molar refractivity (Wildman–Crippen MR) is 28.8 cm³/mol. The zero-order valence-electron chi connectivity index (χ0n) is 4.63. The quantitative estimate of drug-likeness (QED) is 0.477. The first-order valence-electron chi connectivity index (χ1n) is 2.09. The summed E-state index contributed by atoms with van der Waals surface area (Å²) in [5, 5.41) is 0. The summed E-state index contributed by atoms with van der Waals surface area (Å²) in [6.07, 6.45) is 1.57. The molecule has 44 valence electrons. The minimum absolute atomic E-state index is 0.324. The monoisotopic (exact) mass is 113 g/mol. The van der Waals surface area contributed by atoms with Gasteiger partial charge in [0.2, 0.25) is 12.3 Å². The highest BCUT2D eigenvalue weighted by molar-refractivity contribution is 5.85. The second-order valence-corrected chi connectivity index (χ2v) is 1.21. The van der Waals surface area contributed by atoms with Crippen molar-refractivity contribution in [1.29, 1.82) is 0 Å². The average molecular weight is 113 g/mol. The lowest BCUT2D eigenvalue weighted by molar-refractivity contribution is -0.133. The van der Waals surface area contributed by atoms with Crippen LogP contribution in [0, 0.1) is 0 Å². The van der Waals surface area contributed by atoms with Gasteiger partial charge in [0, 0.05) is 13.1 Å². The molecule has 2 amide bonds. The Bertz CT molecular complexity index is 112. The van der Waals surface area contributed by atoms with Gasteiger partial charge in [0.25, 0.3) is 0 Å². The summed E-state index contributed by atoms with van der Waals surface area (Å²) in [6, 6.07) is 0. The van der Waals surface area contributed by atoms with Gasteiger partial charge in [0.05, 0.1) is 0 Å². The summed E-state index contributed by atoms with van der Waals surface area (Å²) in [4.78, 5) is 20.9. The molecule has 0 radical (unpaired) electrons. The molecule has 0 saturated heterocycles. The highest BCUT2D eigenvalue weighted by Gasteiger charge is 1.97. The lowest BCUT2D eigenvalue weighted by atomic mass is 10.6. The Labute approximate surface area is 47.6 Å². The van der Waals surface area contributed by atoms with Crippen molar-refractivity contribution in [2.24, 2.45) is 0 Å². The van der Waals surface area contributed by atoms with Crippen LogP contribution in [0.4, 0.5) is 0 Å². The maximum atomic E-state index is 10.2. The molecule has 3 nitrogen and oxygen atoms in total. The van der Waals surface area contributed by atoms with Crippen molar-refractivity contribution in [2.75, 3.05) is 0 Å². The number of amides is 2. The van der Waals surface area contributed by atoms with E-state index in [1.807, 2.05) is 0 Å². The fraction of sp³-hybridized carbons (Fsp3) is 0.200. The highest BCUT2D eigenvalue weighted by Crippen LogP contribution is 1.80. The van der Waals surface area contributed by atoms with E-state index in [1.165, 1.54) is 6.92 Å². The first-order chi connectivity index (χ1) is 3.72. The van der Waals surface area contributed by atoms with E-state index in [0.29, 0.717) is 6.41 Å². The lowest BCUT2D eigenvalue weighted by Crippen LogP contribution is -2.19. The summed E-state index contributed by atoms with van der Waals surface area (Å²) in [7, 11) is 0. The molecular formula is C5H7NO2. The molecule has 0 aromatic heterocycles. The Hall–Kier alpha value is -1.12. The predicted octanol–water partition coefficient (Wildman–Crippen LogP) is 0.135. The van der Waals surface area contributed by atoms with Crippen LogP contribution in [-0.2, 0) is 9.59 Å². The van der Waals surface area contributed by atoms with Crippen molar-refractivity contribution in [1.82, 2.24) is 4.90 Å². The molecule has 3 heteroatoms. The summed E-state index contributed by atoms with van der Waals surface area (Å²) in [5.41, 5.74) is 0. The molecule has 0 atom stereocenters. The molecule has 0 aromatic rings. The van der Waals surface area contributed by atoms with Crippen LogP contribution in [0.1, 0.15) is 6.92 Å². The maximum Gasteiger partial charge on any atom is 0.229 e. The van der Waals surface area contributed by atoms with Crippen molar-refractivity contribution in [3.63, 3.8) is 0 Å². The zero-order chi connectivity index (χ0) is 6.57. The Morgan fingerprint density at radius 3 is 2.25 bits per heavy atom. The Kier molecular flexibility index (Phi) is 2.54. The molecule has 0 fully saturated rings. The number of carbonyl (C=O) groups is 2. The number of rotatable bonds is 2. The molecule has 0 aliphatic rings. The van der Waals surface area contributed by atoms with Gasteiger partial charge >= 0.3 is 0 Å². The van der Waals surface area contributed by atoms with Crippen LogP contribution < -0.4 is 0 Å². The lowest BCUT2D eigenvalue weighted by Gasteiger charge is -2.02. The van der Waals surface area contributed by atoms with Crippen LogP contribution in [0.25, 0.3) is 0 Å². The van der Waals surface area contributed by atoms with Crippen molar-refractivity contribution < 1.29 is 9.59 Å². The van der Waals surface area contributed by atoms with Crippen molar-refractivity contribution in [3.05, 3.63) is 12.8 Å². The zero-order valence-corrected chi connectivity index (χ0v) is 4.63. The molecule has 0 aliphatic carbocycles. The van der Waals surface area contributed by atoms with Crippen molar-refractivity contribution in [2.45, 2.75) is 6.92 Å². The molecule has 0 aromatic carbocycles. The van der Waals surface area contributed by atoms with Gasteiger partial charge < -0.3 is 0 Å². The Morgan fingerprint density at radius 2 is 2.25 bits per heavy atom. The Morgan fingerprint density at radius 1 is 1.75 bits per heavy atom. The van der Waals surface area contributed by atoms with E-state index in [9.17, 15) is 9.59 Å². The van der Waals surface area contributed by atoms with E-state index in [2.05, 4.69) is 6.58 Å². The maximum absolute atomic E-state index is 10.2. The third kappa shape index (κ3) is 1.55. The van der Waals surface area contributed by atoms with E-state index in [1.54, 1.807) is 0 Å². The average Bonchev–Trinajstić information content (AvgIpc) is 1.69. The standard InChI is InChI=1S/C5H7NO2/c1-3-6(4-7)5(2)8/h3-4H,1H2,2H3. The van der Waals surface area contributed by atoms with Crippen LogP contribution in [0.15, 0.2) is 12.8 Å². The summed E-state index contributed by atoms with van der Waals surface area (Å²) >= 11 is 0. The van der Waals surface area contributed by atoms with E-state index >= 15 is 0 Å². The Balaban J connectivity index is 3.88. The molecule has 0 rings (SSSR count). The molecule has 0 spiro atoms. The molecule has 0 saturated carbocycles. The van der Waals surface area contributed by atoms with Crippen LogP contribution >= 0.6 is 0 Å². The minimum atomic E-state index is -0.324. The number of carbonyl (C=O) groups excluding carboxylic acids is 2. The second kappa shape index (κ2) is 2.96. The molecule has 0 bridgehead atoms. The van der Waals surface area contributed by atoms with Gasteiger partial charge in [-0.05, 0) is 0 Å².